The summed E-state index contributed by atoms with van der Waals surface area (Å²) in [7, 11) is 0. The van der Waals surface area contributed by atoms with Crippen molar-refractivity contribution in [1.82, 2.24) is 19.7 Å². The highest BCUT2D eigenvalue weighted by Gasteiger charge is 2.23. The number of hydrogen-bond acceptors (Lipinski definition) is 5. The number of aliphatic hydroxyl groups excluding tert-OH is 1. The summed E-state index contributed by atoms with van der Waals surface area (Å²) in [5.41, 5.74) is 0. The molecule has 1 N–H and O–H groups in total. The van der Waals surface area contributed by atoms with Gasteiger partial charge in [-0.25, -0.2) is 0 Å². The van der Waals surface area contributed by atoms with Gasteiger partial charge in [-0.1, -0.05) is 0 Å². The first-order chi connectivity index (χ1) is 8.84. The van der Waals surface area contributed by atoms with E-state index in [4.69, 9.17) is 4.74 Å². The zero-order valence-corrected chi connectivity index (χ0v) is 10.6. The normalized spacial score (nSPS) is 25.1. The standard InChI is InChI=1S/C12H20N4O2/c17-12-3-1-2-10-13-14-11(16(10)12)4-5-15-6-8-18-9-7-15/h12,17H,1-9H2. The minimum absolute atomic E-state index is 0.427. The van der Waals surface area contributed by atoms with Crippen LogP contribution in [0.5, 0.6) is 0 Å². The Morgan fingerprint density at radius 1 is 1.28 bits per heavy atom. The summed E-state index contributed by atoms with van der Waals surface area (Å²) in [5, 5.41) is 18.4. The lowest BCUT2D eigenvalue weighted by Gasteiger charge is -2.27. The van der Waals surface area contributed by atoms with Crippen molar-refractivity contribution in [2.45, 2.75) is 31.9 Å². The van der Waals surface area contributed by atoms with Gasteiger partial charge < -0.3 is 9.84 Å². The van der Waals surface area contributed by atoms with Gasteiger partial charge in [0.05, 0.1) is 13.2 Å². The molecular weight excluding hydrogens is 232 g/mol. The predicted molar refractivity (Wildman–Crippen MR) is 65.2 cm³/mol. The number of nitrogens with zero attached hydrogens (tertiary/aromatic N) is 4. The van der Waals surface area contributed by atoms with Gasteiger partial charge in [-0.3, -0.25) is 9.47 Å². The van der Waals surface area contributed by atoms with Gasteiger partial charge >= 0.3 is 0 Å². The Kier molecular flexibility index (Phi) is 3.58. The molecule has 0 spiro atoms. The quantitative estimate of drug-likeness (QED) is 0.819. The van der Waals surface area contributed by atoms with E-state index in [1.165, 1.54) is 0 Å². The summed E-state index contributed by atoms with van der Waals surface area (Å²) in [6.45, 7) is 4.59. The number of aryl methyl sites for hydroxylation is 1. The largest absolute Gasteiger partial charge is 0.379 e. The van der Waals surface area contributed by atoms with Crippen molar-refractivity contribution in [2.75, 3.05) is 32.8 Å². The fourth-order valence-electron chi connectivity index (χ4n) is 2.70. The molecule has 100 valence electrons. The molecule has 1 unspecified atom stereocenters. The van der Waals surface area contributed by atoms with E-state index in [-0.39, 0.29) is 0 Å². The number of morpholine rings is 1. The third-order valence-electron chi connectivity index (χ3n) is 3.75. The zero-order valence-electron chi connectivity index (χ0n) is 10.6. The van der Waals surface area contributed by atoms with E-state index < -0.39 is 6.23 Å². The van der Waals surface area contributed by atoms with Crippen LogP contribution in [0, 0.1) is 0 Å². The fraction of sp³-hybridized carbons (Fsp3) is 0.833. The summed E-state index contributed by atoms with van der Waals surface area (Å²) < 4.78 is 7.25. The van der Waals surface area contributed by atoms with Gasteiger partial charge in [0.1, 0.15) is 17.9 Å². The van der Waals surface area contributed by atoms with Gasteiger partial charge in [0, 0.05) is 32.5 Å². The van der Waals surface area contributed by atoms with Crippen LogP contribution in [0.25, 0.3) is 0 Å². The molecular formula is C12H20N4O2. The third kappa shape index (κ3) is 2.41. The topological polar surface area (TPSA) is 63.4 Å². The van der Waals surface area contributed by atoms with Crippen molar-refractivity contribution < 1.29 is 9.84 Å². The molecule has 0 saturated carbocycles. The van der Waals surface area contributed by atoms with E-state index in [9.17, 15) is 5.11 Å². The highest BCUT2D eigenvalue weighted by atomic mass is 16.5. The Labute approximate surface area is 107 Å². The van der Waals surface area contributed by atoms with Crippen molar-refractivity contribution in [3.05, 3.63) is 11.6 Å². The Balaban J connectivity index is 1.64. The molecule has 6 heteroatoms. The molecule has 6 nitrogen and oxygen atoms in total. The van der Waals surface area contributed by atoms with Gasteiger partial charge in [0.25, 0.3) is 0 Å². The van der Waals surface area contributed by atoms with Gasteiger partial charge in [-0.15, -0.1) is 10.2 Å². The van der Waals surface area contributed by atoms with Crippen molar-refractivity contribution in [2.24, 2.45) is 0 Å². The van der Waals surface area contributed by atoms with E-state index in [1.807, 2.05) is 4.57 Å². The zero-order chi connectivity index (χ0) is 12.4. The monoisotopic (exact) mass is 252 g/mol. The predicted octanol–water partition coefficient (Wildman–Crippen LogP) is -0.0200. The molecule has 2 aliphatic heterocycles. The fourth-order valence-corrected chi connectivity index (χ4v) is 2.70. The third-order valence-corrected chi connectivity index (χ3v) is 3.75. The van der Waals surface area contributed by atoms with Crippen molar-refractivity contribution in [3.63, 3.8) is 0 Å². The molecule has 2 aliphatic rings. The molecule has 0 radical (unpaired) electrons. The smallest absolute Gasteiger partial charge is 0.136 e. The Morgan fingerprint density at radius 2 is 2.11 bits per heavy atom. The number of ether oxygens (including phenoxy) is 1. The van der Waals surface area contributed by atoms with Crippen LogP contribution in [-0.4, -0.2) is 57.6 Å². The summed E-state index contributed by atoms with van der Waals surface area (Å²) >= 11 is 0. The summed E-state index contributed by atoms with van der Waals surface area (Å²) in [4.78, 5) is 2.38. The minimum Gasteiger partial charge on any atom is -0.379 e. The van der Waals surface area contributed by atoms with Gasteiger partial charge in [0.15, 0.2) is 0 Å². The first-order valence-corrected chi connectivity index (χ1v) is 6.75. The Morgan fingerprint density at radius 3 is 2.94 bits per heavy atom. The molecule has 18 heavy (non-hydrogen) atoms. The number of hydrogen-bond donors (Lipinski definition) is 1. The lowest BCUT2D eigenvalue weighted by atomic mass is 10.1. The molecule has 3 heterocycles. The number of fused-ring (bicyclic) bond motifs is 1. The average Bonchev–Trinajstić information content (AvgIpc) is 2.82. The van der Waals surface area contributed by atoms with E-state index in [0.717, 1.165) is 70.2 Å². The molecule has 0 aliphatic carbocycles. The highest BCUT2D eigenvalue weighted by Crippen LogP contribution is 2.23. The first kappa shape index (κ1) is 12.1. The average molecular weight is 252 g/mol. The highest BCUT2D eigenvalue weighted by molar-refractivity contribution is 5.01. The van der Waals surface area contributed by atoms with Crippen LogP contribution in [-0.2, 0) is 17.6 Å². The maximum absolute atomic E-state index is 10.0. The Bertz CT molecular complexity index is 401. The van der Waals surface area contributed by atoms with E-state index >= 15 is 0 Å². The maximum atomic E-state index is 10.0. The molecule has 1 fully saturated rings. The van der Waals surface area contributed by atoms with Crippen molar-refractivity contribution in [3.8, 4) is 0 Å². The second-order valence-corrected chi connectivity index (χ2v) is 4.98. The van der Waals surface area contributed by atoms with Crippen LogP contribution >= 0.6 is 0 Å². The van der Waals surface area contributed by atoms with Crippen LogP contribution in [0.4, 0.5) is 0 Å². The van der Waals surface area contributed by atoms with Crippen LogP contribution in [0.1, 0.15) is 30.7 Å². The second kappa shape index (κ2) is 5.34. The lowest BCUT2D eigenvalue weighted by Crippen LogP contribution is -2.37. The summed E-state index contributed by atoms with van der Waals surface area (Å²) in [6.07, 6.45) is 3.17. The van der Waals surface area contributed by atoms with Crippen LogP contribution in [0.3, 0.4) is 0 Å². The van der Waals surface area contributed by atoms with E-state index in [2.05, 4.69) is 15.1 Å². The molecule has 1 aromatic heterocycles. The van der Waals surface area contributed by atoms with Gasteiger partial charge in [0.2, 0.25) is 0 Å². The molecule has 0 aromatic carbocycles. The SMILES string of the molecule is OC1CCCc2nnc(CCN3CCOCC3)n21. The maximum Gasteiger partial charge on any atom is 0.136 e. The Hall–Kier alpha value is -0.980. The number of aliphatic hydroxyl groups is 1. The molecule has 1 saturated heterocycles. The molecule has 1 aromatic rings. The first-order valence-electron chi connectivity index (χ1n) is 6.75. The lowest BCUT2D eigenvalue weighted by molar-refractivity contribution is 0.0370. The van der Waals surface area contributed by atoms with Crippen LogP contribution < -0.4 is 0 Å². The second-order valence-electron chi connectivity index (χ2n) is 4.98. The number of rotatable bonds is 3. The van der Waals surface area contributed by atoms with Gasteiger partial charge in [-0.05, 0) is 12.8 Å². The summed E-state index contributed by atoms with van der Waals surface area (Å²) in [6, 6.07) is 0. The molecule has 0 amide bonds. The molecule has 0 bridgehead atoms. The van der Waals surface area contributed by atoms with Crippen molar-refractivity contribution >= 4 is 0 Å². The molecule has 3 rings (SSSR count). The van der Waals surface area contributed by atoms with Crippen molar-refractivity contribution in [1.29, 1.82) is 0 Å². The molecule has 1 atom stereocenters. The number of aromatic nitrogens is 3. The van der Waals surface area contributed by atoms with E-state index in [0.29, 0.717) is 0 Å². The van der Waals surface area contributed by atoms with Crippen LogP contribution in [0.15, 0.2) is 0 Å². The van der Waals surface area contributed by atoms with E-state index in [1.54, 1.807) is 0 Å². The summed E-state index contributed by atoms with van der Waals surface area (Å²) in [5.74, 6) is 1.86. The van der Waals surface area contributed by atoms with Gasteiger partial charge in [-0.2, -0.15) is 0 Å². The minimum atomic E-state index is -0.427. The van der Waals surface area contributed by atoms with Crippen LogP contribution in [0.2, 0.25) is 0 Å².